The summed E-state index contributed by atoms with van der Waals surface area (Å²) in [6, 6.07) is 8.19. The van der Waals surface area contributed by atoms with Crippen LogP contribution in [-0.2, 0) is 0 Å². The largest absolute Gasteiger partial charge is 0.504 e. The fourth-order valence-corrected chi connectivity index (χ4v) is 2.86. The summed E-state index contributed by atoms with van der Waals surface area (Å²) in [6.07, 6.45) is 3.76. The molecule has 0 saturated heterocycles. The predicted molar refractivity (Wildman–Crippen MR) is 85.1 cm³/mol. The predicted octanol–water partition coefficient (Wildman–Crippen LogP) is 4.03. The maximum atomic E-state index is 14.0. The van der Waals surface area contributed by atoms with Gasteiger partial charge < -0.3 is 9.84 Å². The van der Waals surface area contributed by atoms with E-state index in [1.54, 1.807) is 24.4 Å². The van der Waals surface area contributed by atoms with Gasteiger partial charge in [-0.25, -0.2) is 9.37 Å². The van der Waals surface area contributed by atoms with E-state index in [1.165, 1.54) is 13.2 Å². The summed E-state index contributed by atoms with van der Waals surface area (Å²) in [6.45, 7) is 0. The van der Waals surface area contributed by atoms with Gasteiger partial charge in [-0.05, 0) is 48.6 Å². The number of phenols is 1. The number of benzene rings is 1. The SMILES string of the molecule is COc1cc2c(C3CC3)cc(-c3ncccc3F)nc2cc1O. The van der Waals surface area contributed by atoms with E-state index >= 15 is 0 Å². The lowest BCUT2D eigenvalue weighted by molar-refractivity contribution is 0.374. The van der Waals surface area contributed by atoms with Crippen molar-refractivity contribution in [1.29, 1.82) is 0 Å². The molecule has 0 bridgehead atoms. The van der Waals surface area contributed by atoms with Gasteiger partial charge in [0.15, 0.2) is 17.3 Å². The lowest BCUT2D eigenvalue weighted by Gasteiger charge is -2.11. The molecule has 23 heavy (non-hydrogen) atoms. The number of aromatic nitrogens is 2. The van der Waals surface area contributed by atoms with E-state index in [-0.39, 0.29) is 11.4 Å². The van der Waals surface area contributed by atoms with E-state index in [4.69, 9.17) is 4.74 Å². The summed E-state index contributed by atoms with van der Waals surface area (Å²) in [7, 11) is 1.52. The lowest BCUT2D eigenvalue weighted by Crippen LogP contribution is -1.96. The third kappa shape index (κ3) is 2.38. The third-order valence-corrected chi connectivity index (χ3v) is 4.16. The summed E-state index contributed by atoms with van der Waals surface area (Å²) in [5.41, 5.74) is 2.44. The Bertz CT molecular complexity index is 907. The molecule has 5 heteroatoms. The van der Waals surface area contributed by atoms with Gasteiger partial charge >= 0.3 is 0 Å². The molecule has 1 fully saturated rings. The second kappa shape index (κ2) is 5.19. The second-order valence-corrected chi connectivity index (χ2v) is 5.75. The summed E-state index contributed by atoms with van der Waals surface area (Å²) in [5.74, 6) is 0.477. The van der Waals surface area contributed by atoms with Crippen molar-refractivity contribution in [2.75, 3.05) is 7.11 Å². The van der Waals surface area contributed by atoms with Crippen LogP contribution in [0, 0.1) is 5.82 Å². The molecule has 0 atom stereocenters. The molecular formula is C18H15FN2O2. The van der Waals surface area contributed by atoms with Crippen LogP contribution in [-0.4, -0.2) is 22.2 Å². The minimum absolute atomic E-state index is 0.0212. The highest BCUT2D eigenvalue weighted by Gasteiger charge is 2.27. The normalized spacial score (nSPS) is 14.2. The number of fused-ring (bicyclic) bond motifs is 1. The summed E-state index contributed by atoms with van der Waals surface area (Å²) in [5, 5.41) is 10.9. The number of hydrogen-bond donors (Lipinski definition) is 1. The minimum atomic E-state index is -0.404. The van der Waals surface area contributed by atoms with Crippen LogP contribution in [0.2, 0.25) is 0 Å². The molecule has 0 unspecified atom stereocenters. The second-order valence-electron chi connectivity index (χ2n) is 5.75. The van der Waals surface area contributed by atoms with Gasteiger partial charge in [0.1, 0.15) is 5.69 Å². The van der Waals surface area contributed by atoms with Crippen LogP contribution in [0.15, 0.2) is 36.5 Å². The van der Waals surface area contributed by atoms with Crippen molar-refractivity contribution >= 4 is 10.9 Å². The monoisotopic (exact) mass is 310 g/mol. The molecule has 0 aliphatic heterocycles. The summed E-state index contributed by atoms with van der Waals surface area (Å²) < 4.78 is 19.2. The molecule has 4 nitrogen and oxygen atoms in total. The van der Waals surface area contributed by atoms with E-state index in [1.807, 2.05) is 6.07 Å². The van der Waals surface area contributed by atoms with E-state index in [0.29, 0.717) is 22.9 Å². The van der Waals surface area contributed by atoms with Gasteiger partial charge in [0.05, 0.1) is 18.3 Å². The Kier molecular flexibility index (Phi) is 3.15. The van der Waals surface area contributed by atoms with E-state index < -0.39 is 5.82 Å². The van der Waals surface area contributed by atoms with Crippen molar-refractivity contribution in [2.24, 2.45) is 0 Å². The van der Waals surface area contributed by atoms with Crippen LogP contribution in [0.1, 0.15) is 24.3 Å². The summed E-state index contributed by atoms with van der Waals surface area (Å²) in [4.78, 5) is 8.60. The lowest BCUT2D eigenvalue weighted by atomic mass is 10.0. The van der Waals surface area contributed by atoms with Crippen molar-refractivity contribution in [3.63, 3.8) is 0 Å². The van der Waals surface area contributed by atoms with Gasteiger partial charge in [-0.3, -0.25) is 4.98 Å². The number of pyridine rings is 2. The first-order valence-corrected chi connectivity index (χ1v) is 7.50. The number of methoxy groups -OCH3 is 1. The first kappa shape index (κ1) is 13.9. The molecule has 2 aromatic heterocycles. The molecule has 0 spiro atoms. The van der Waals surface area contributed by atoms with Crippen molar-refractivity contribution in [3.05, 3.63) is 47.9 Å². The highest BCUT2D eigenvalue weighted by molar-refractivity contribution is 5.88. The number of hydrogen-bond acceptors (Lipinski definition) is 4. The number of halogens is 1. The quantitative estimate of drug-likeness (QED) is 0.793. The average Bonchev–Trinajstić information content (AvgIpc) is 3.38. The smallest absolute Gasteiger partial charge is 0.161 e. The minimum Gasteiger partial charge on any atom is -0.504 e. The van der Waals surface area contributed by atoms with Crippen LogP contribution in [0.3, 0.4) is 0 Å². The Morgan fingerprint density at radius 2 is 2.09 bits per heavy atom. The highest BCUT2D eigenvalue weighted by Crippen LogP contribution is 2.45. The molecule has 2 heterocycles. The van der Waals surface area contributed by atoms with Crippen molar-refractivity contribution in [3.8, 4) is 22.9 Å². The standard InChI is InChI=1S/C18H15FN2O2/c1-23-17-8-12-11(10-4-5-10)7-15(21-14(12)9-16(17)22)18-13(19)3-2-6-20-18/h2-3,6-10,22H,4-5H2,1H3. The van der Waals surface area contributed by atoms with Gasteiger partial charge in [0.2, 0.25) is 0 Å². The first-order valence-electron chi connectivity index (χ1n) is 7.50. The molecule has 0 radical (unpaired) electrons. The van der Waals surface area contributed by atoms with Crippen molar-refractivity contribution in [2.45, 2.75) is 18.8 Å². The van der Waals surface area contributed by atoms with Crippen LogP contribution < -0.4 is 4.74 Å². The molecular weight excluding hydrogens is 295 g/mol. The van der Waals surface area contributed by atoms with E-state index in [0.717, 1.165) is 23.8 Å². The maximum absolute atomic E-state index is 14.0. The Morgan fingerprint density at radius 3 is 2.78 bits per heavy atom. The van der Waals surface area contributed by atoms with Crippen LogP contribution in [0.25, 0.3) is 22.3 Å². The molecule has 116 valence electrons. The Labute approximate surface area is 132 Å². The molecule has 1 aliphatic carbocycles. The first-order chi connectivity index (χ1) is 11.2. The number of aromatic hydroxyl groups is 1. The van der Waals surface area contributed by atoms with Gasteiger partial charge in [-0.1, -0.05) is 0 Å². The molecule has 3 aromatic rings. The Balaban J connectivity index is 1.99. The van der Waals surface area contributed by atoms with E-state index in [2.05, 4.69) is 9.97 Å². The Morgan fingerprint density at radius 1 is 1.26 bits per heavy atom. The number of ether oxygens (including phenoxy) is 1. The number of rotatable bonds is 3. The van der Waals surface area contributed by atoms with Gasteiger partial charge in [0.25, 0.3) is 0 Å². The van der Waals surface area contributed by atoms with Gasteiger partial charge in [0, 0.05) is 17.6 Å². The van der Waals surface area contributed by atoms with Crippen molar-refractivity contribution < 1.29 is 14.2 Å². The zero-order chi connectivity index (χ0) is 16.0. The molecule has 1 N–H and O–H groups in total. The third-order valence-electron chi connectivity index (χ3n) is 4.16. The van der Waals surface area contributed by atoms with Crippen LogP contribution in [0.5, 0.6) is 11.5 Å². The van der Waals surface area contributed by atoms with E-state index in [9.17, 15) is 9.50 Å². The van der Waals surface area contributed by atoms with Gasteiger partial charge in [-0.15, -0.1) is 0 Å². The number of phenolic OH excluding ortho intramolecular Hbond substituents is 1. The zero-order valence-corrected chi connectivity index (χ0v) is 12.6. The maximum Gasteiger partial charge on any atom is 0.161 e. The van der Waals surface area contributed by atoms with Crippen LogP contribution in [0.4, 0.5) is 4.39 Å². The number of nitrogens with zero attached hydrogens (tertiary/aromatic N) is 2. The Hall–Kier alpha value is -2.69. The average molecular weight is 310 g/mol. The molecule has 4 rings (SSSR count). The molecule has 1 aromatic carbocycles. The fourth-order valence-electron chi connectivity index (χ4n) is 2.86. The van der Waals surface area contributed by atoms with Crippen LogP contribution >= 0.6 is 0 Å². The molecule has 0 amide bonds. The molecule has 1 aliphatic rings. The highest BCUT2D eigenvalue weighted by atomic mass is 19.1. The van der Waals surface area contributed by atoms with Crippen molar-refractivity contribution in [1.82, 2.24) is 9.97 Å². The molecule has 1 saturated carbocycles. The fraction of sp³-hybridized carbons (Fsp3) is 0.222. The zero-order valence-electron chi connectivity index (χ0n) is 12.6. The summed E-state index contributed by atoms with van der Waals surface area (Å²) >= 11 is 0. The van der Waals surface area contributed by atoms with Gasteiger partial charge in [-0.2, -0.15) is 0 Å². The topological polar surface area (TPSA) is 55.2 Å².